The number of nitrogens with one attached hydrogen (secondary N) is 1. The smallest absolute Gasteiger partial charge is 0.271 e. The molecule has 0 bridgehead atoms. The van der Waals surface area contributed by atoms with Crippen LogP contribution in [-0.2, 0) is 6.18 Å². The molecule has 1 aromatic heterocycles. The maximum Gasteiger partial charge on any atom is 0.416 e. The molecule has 0 radical (unpaired) electrons. The highest BCUT2D eigenvalue weighted by atomic mass is 19.4. The number of hydrogen-bond acceptors (Lipinski definition) is 3. The summed E-state index contributed by atoms with van der Waals surface area (Å²) >= 11 is 0. The lowest BCUT2D eigenvalue weighted by molar-refractivity contribution is -0.138. The highest BCUT2D eigenvalue weighted by Gasteiger charge is 2.42. The van der Waals surface area contributed by atoms with E-state index in [2.05, 4.69) is 10.4 Å². The fourth-order valence-corrected chi connectivity index (χ4v) is 3.03. The van der Waals surface area contributed by atoms with Crippen LogP contribution in [0.25, 0.3) is 0 Å². The molecule has 1 aliphatic rings. The van der Waals surface area contributed by atoms with E-state index in [1.165, 1.54) is 6.20 Å². The number of nitrogens with two attached hydrogens (primary N) is 1. The second-order valence-corrected chi connectivity index (χ2v) is 5.42. The number of alkyl halides is 3. The summed E-state index contributed by atoms with van der Waals surface area (Å²) in [5.74, 6) is 5.54. The van der Waals surface area contributed by atoms with Crippen LogP contribution in [0, 0.1) is 5.41 Å². The standard InChI is InChI=1S/C13H18F3N3/c1-12(5-2-3-6-12)11(19-17)9-8-18-7-4-10(9)13(14,15)16/h4,7-8,11,19H,2-3,5-6,17H2,1H3. The third-order valence-corrected chi connectivity index (χ3v) is 4.08. The summed E-state index contributed by atoms with van der Waals surface area (Å²) < 4.78 is 39.2. The molecule has 19 heavy (non-hydrogen) atoms. The third kappa shape index (κ3) is 2.74. The van der Waals surface area contributed by atoms with Gasteiger partial charge in [-0.1, -0.05) is 19.8 Å². The number of halogens is 3. The molecule has 1 aromatic rings. The fourth-order valence-electron chi connectivity index (χ4n) is 3.03. The van der Waals surface area contributed by atoms with Crippen molar-refractivity contribution in [3.05, 3.63) is 29.6 Å². The monoisotopic (exact) mass is 273 g/mol. The maximum absolute atomic E-state index is 13.1. The van der Waals surface area contributed by atoms with Crippen LogP contribution in [0.4, 0.5) is 13.2 Å². The molecule has 1 atom stereocenters. The first-order valence-corrected chi connectivity index (χ1v) is 6.36. The van der Waals surface area contributed by atoms with Crippen molar-refractivity contribution in [3.63, 3.8) is 0 Å². The summed E-state index contributed by atoms with van der Waals surface area (Å²) in [7, 11) is 0. The lowest BCUT2D eigenvalue weighted by Gasteiger charge is -2.35. The van der Waals surface area contributed by atoms with Gasteiger partial charge in [-0.05, 0) is 24.3 Å². The Balaban J connectivity index is 2.44. The van der Waals surface area contributed by atoms with Crippen LogP contribution in [0.3, 0.4) is 0 Å². The minimum atomic E-state index is -4.39. The summed E-state index contributed by atoms with van der Waals surface area (Å²) in [6.07, 6.45) is 1.84. The largest absolute Gasteiger partial charge is 0.416 e. The van der Waals surface area contributed by atoms with Gasteiger partial charge in [-0.25, -0.2) is 0 Å². The number of rotatable bonds is 3. The molecule has 3 nitrogen and oxygen atoms in total. The van der Waals surface area contributed by atoms with Crippen molar-refractivity contribution in [2.45, 2.75) is 44.8 Å². The molecule has 0 spiro atoms. The molecule has 0 saturated heterocycles. The van der Waals surface area contributed by atoms with Crippen LogP contribution in [0.5, 0.6) is 0 Å². The number of hydrogen-bond donors (Lipinski definition) is 2. The van der Waals surface area contributed by atoms with Crippen molar-refractivity contribution >= 4 is 0 Å². The van der Waals surface area contributed by atoms with Gasteiger partial charge in [-0.2, -0.15) is 13.2 Å². The van der Waals surface area contributed by atoms with E-state index >= 15 is 0 Å². The summed E-state index contributed by atoms with van der Waals surface area (Å²) in [6, 6.07) is 0.484. The average Bonchev–Trinajstić information content (AvgIpc) is 2.77. The Hall–Kier alpha value is -1.14. The molecule has 1 unspecified atom stereocenters. The predicted octanol–water partition coefficient (Wildman–Crippen LogP) is 3.19. The Morgan fingerprint density at radius 1 is 1.37 bits per heavy atom. The molecule has 0 aromatic carbocycles. The lowest BCUT2D eigenvalue weighted by atomic mass is 9.77. The zero-order valence-electron chi connectivity index (χ0n) is 10.8. The Morgan fingerprint density at radius 2 is 2.00 bits per heavy atom. The molecule has 106 valence electrons. The van der Waals surface area contributed by atoms with Crippen molar-refractivity contribution in [3.8, 4) is 0 Å². The minimum Gasteiger partial charge on any atom is -0.271 e. The van der Waals surface area contributed by atoms with Crippen LogP contribution < -0.4 is 11.3 Å². The second-order valence-electron chi connectivity index (χ2n) is 5.42. The highest BCUT2D eigenvalue weighted by Crippen LogP contribution is 2.48. The minimum absolute atomic E-state index is 0.141. The van der Waals surface area contributed by atoms with E-state index in [0.29, 0.717) is 0 Å². The molecule has 1 aliphatic carbocycles. The van der Waals surface area contributed by atoms with Crippen LogP contribution in [-0.4, -0.2) is 4.98 Å². The molecule has 1 fully saturated rings. The van der Waals surface area contributed by atoms with E-state index in [1.54, 1.807) is 0 Å². The lowest BCUT2D eigenvalue weighted by Crippen LogP contribution is -2.39. The van der Waals surface area contributed by atoms with Gasteiger partial charge in [-0.3, -0.25) is 16.3 Å². The van der Waals surface area contributed by atoms with E-state index in [-0.39, 0.29) is 11.0 Å². The van der Waals surface area contributed by atoms with Crippen LogP contribution in [0.1, 0.15) is 49.8 Å². The second kappa shape index (κ2) is 5.09. The molecule has 3 N–H and O–H groups in total. The SMILES string of the molecule is CC1(C(NN)c2cnccc2C(F)(F)F)CCCC1. The topological polar surface area (TPSA) is 50.9 Å². The average molecular weight is 273 g/mol. The van der Waals surface area contributed by atoms with Crippen LogP contribution in [0.2, 0.25) is 0 Å². The zero-order valence-corrected chi connectivity index (χ0v) is 10.8. The number of hydrazine groups is 1. The normalized spacial score (nSPS) is 20.5. The van der Waals surface area contributed by atoms with Gasteiger partial charge in [0.15, 0.2) is 0 Å². The van der Waals surface area contributed by atoms with E-state index in [4.69, 9.17) is 5.84 Å². The van der Waals surface area contributed by atoms with E-state index in [0.717, 1.165) is 37.9 Å². The van der Waals surface area contributed by atoms with Gasteiger partial charge >= 0.3 is 6.18 Å². The van der Waals surface area contributed by atoms with E-state index in [9.17, 15) is 13.2 Å². The van der Waals surface area contributed by atoms with Crippen molar-refractivity contribution in [1.82, 2.24) is 10.4 Å². The third-order valence-electron chi connectivity index (χ3n) is 4.08. The molecule has 6 heteroatoms. The summed E-state index contributed by atoms with van der Waals surface area (Å²) in [5, 5.41) is 0. The molecular weight excluding hydrogens is 255 g/mol. The van der Waals surface area contributed by atoms with Gasteiger partial charge in [0.05, 0.1) is 11.6 Å². The molecular formula is C13H18F3N3. The number of nitrogens with zero attached hydrogens (tertiary/aromatic N) is 1. The van der Waals surface area contributed by atoms with Crippen molar-refractivity contribution in [1.29, 1.82) is 0 Å². The van der Waals surface area contributed by atoms with Gasteiger partial charge in [0, 0.05) is 18.0 Å². The van der Waals surface area contributed by atoms with Crippen LogP contribution in [0.15, 0.2) is 18.5 Å². The van der Waals surface area contributed by atoms with Gasteiger partial charge < -0.3 is 0 Å². The highest BCUT2D eigenvalue weighted by molar-refractivity contribution is 5.31. The molecule has 1 heterocycles. The van der Waals surface area contributed by atoms with Gasteiger partial charge in [0.1, 0.15) is 0 Å². The maximum atomic E-state index is 13.1. The Kier molecular flexibility index (Phi) is 3.82. The Morgan fingerprint density at radius 3 is 2.53 bits per heavy atom. The van der Waals surface area contributed by atoms with Crippen LogP contribution >= 0.6 is 0 Å². The van der Waals surface area contributed by atoms with Gasteiger partial charge in [-0.15, -0.1) is 0 Å². The van der Waals surface area contributed by atoms with Gasteiger partial charge in [0.25, 0.3) is 0 Å². The molecule has 0 aliphatic heterocycles. The zero-order chi connectivity index (χ0) is 14.1. The van der Waals surface area contributed by atoms with E-state index < -0.39 is 17.8 Å². The summed E-state index contributed by atoms with van der Waals surface area (Å²) in [5.41, 5.74) is 1.81. The number of aromatic nitrogens is 1. The first-order chi connectivity index (χ1) is 8.88. The Bertz CT molecular complexity index is 439. The van der Waals surface area contributed by atoms with Gasteiger partial charge in [0.2, 0.25) is 0 Å². The first kappa shape index (κ1) is 14.3. The number of pyridine rings is 1. The van der Waals surface area contributed by atoms with Crippen molar-refractivity contribution < 1.29 is 13.2 Å². The predicted molar refractivity (Wildman–Crippen MR) is 65.9 cm³/mol. The van der Waals surface area contributed by atoms with E-state index in [1.807, 2.05) is 6.92 Å². The summed E-state index contributed by atoms with van der Waals surface area (Å²) in [4.78, 5) is 3.83. The molecule has 2 rings (SSSR count). The molecule has 1 saturated carbocycles. The molecule has 0 amide bonds. The first-order valence-electron chi connectivity index (χ1n) is 6.36. The summed E-state index contributed by atoms with van der Waals surface area (Å²) in [6.45, 7) is 1.98. The van der Waals surface area contributed by atoms with Crippen molar-refractivity contribution in [2.75, 3.05) is 0 Å². The Labute approximate surface area is 110 Å². The van der Waals surface area contributed by atoms with Crippen molar-refractivity contribution in [2.24, 2.45) is 11.3 Å². The fraction of sp³-hybridized carbons (Fsp3) is 0.615. The quantitative estimate of drug-likeness (QED) is 0.657.